The summed E-state index contributed by atoms with van der Waals surface area (Å²) in [5.74, 6) is 0.358. The zero-order valence-electron chi connectivity index (χ0n) is 12.2. The fourth-order valence-corrected chi connectivity index (χ4v) is 1.89. The van der Waals surface area contributed by atoms with Gasteiger partial charge < -0.3 is 10.2 Å². The minimum atomic E-state index is -4.22. The number of pyridine rings is 1. The smallest absolute Gasteiger partial charge is 0.348 e. The maximum absolute atomic E-state index is 12.4. The van der Waals surface area contributed by atoms with E-state index in [0.717, 1.165) is 18.5 Å². The van der Waals surface area contributed by atoms with Gasteiger partial charge in [-0.1, -0.05) is 13.0 Å². The maximum Gasteiger partial charge on any atom is 0.405 e. The number of hydrogen-bond acceptors (Lipinski definition) is 3. The van der Waals surface area contributed by atoms with Crippen LogP contribution in [0, 0.1) is 0 Å². The molecule has 0 aliphatic heterocycles. The highest BCUT2D eigenvalue weighted by Gasteiger charge is 2.30. The van der Waals surface area contributed by atoms with Crippen molar-refractivity contribution in [3.63, 3.8) is 0 Å². The van der Waals surface area contributed by atoms with Gasteiger partial charge in [-0.05, 0) is 38.4 Å². The van der Waals surface area contributed by atoms with Crippen LogP contribution < -0.4 is 10.2 Å². The van der Waals surface area contributed by atoms with E-state index in [1.54, 1.807) is 19.2 Å². The molecule has 1 aromatic heterocycles. The van der Waals surface area contributed by atoms with Crippen molar-refractivity contribution in [2.45, 2.75) is 39.4 Å². The highest BCUT2D eigenvalue weighted by Crippen LogP contribution is 2.21. The van der Waals surface area contributed by atoms with Crippen molar-refractivity contribution in [3.05, 3.63) is 23.9 Å². The van der Waals surface area contributed by atoms with Gasteiger partial charge in [0.1, 0.15) is 12.4 Å². The van der Waals surface area contributed by atoms with Gasteiger partial charge in [-0.3, -0.25) is 0 Å². The Bertz CT molecular complexity index is 390. The Morgan fingerprint density at radius 1 is 1.30 bits per heavy atom. The predicted molar refractivity (Wildman–Crippen MR) is 74.9 cm³/mol. The normalized spacial score (nSPS) is 13.3. The molecule has 0 fully saturated rings. The van der Waals surface area contributed by atoms with Gasteiger partial charge in [0.15, 0.2) is 0 Å². The van der Waals surface area contributed by atoms with E-state index in [1.165, 1.54) is 4.90 Å². The van der Waals surface area contributed by atoms with Gasteiger partial charge in [-0.15, -0.1) is 0 Å². The first kappa shape index (κ1) is 16.8. The lowest BCUT2D eigenvalue weighted by Gasteiger charge is -2.23. The highest BCUT2D eigenvalue weighted by molar-refractivity contribution is 5.39. The van der Waals surface area contributed by atoms with E-state index in [-0.39, 0.29) is 12.6 Å². The van der Waals surface area contributed by atoms with Crippen molar-refractivity contribution < 1.29 is 13.2 Å². The van der Waals surface area contributed by atoms with Crippen molar-refractivity contribution >= 4 is 5.82 Å². The summed E-state index contributed by atoms with van der Waals surface area (Å²) >= 11 is 0. The molecule has 1 atom stereocenters. The predicted octanol–water partition coefficient (Wildman–Crippen LogP) is 3.53. The number of nitrogens with zero attached hydrogens (tertiary/aromatic N) is 2. The van der Waals surface area contributed by atoms with Gasteiger partial charge >= 0.3 is 6.18 Å². The van der Waals surface area contributed by atoms with E-state index >= 15 is 0 Å². The van der Waals surface area contributed by atoms with Crippen LogP contribution in [-0.2, 0) is 0 Å². The molecule has 1 unspecified atom stereocenters. The van der Waals surface area contributed by atoms with Gasteiger partial charge in [-0.2, -0.15) is 13.2 Å². The van der Waals surface area contributed by atoms with Crippen molar-refractivity contribution in [1.29, 1.82) is 0 Å². The third-order valence-corrected chi connectivity index (χ3v) is 3.05. The first-order valence-corrected chi connectivity index (χ1v) is 6.88. The molecule has 0 radical (unpaired) electrons. The standard InChI is InChI=1S/C14H22F3N3/c1-4-8-18-11(3)12-6-7-13(19-9-12)20(5-2)10-14(15,16)17/h6-7,9,11,18H,4-5,8,10H2,1-3H3. The maximum atomic E-state index is 12.4. The van der Waals surface area contributed by atoms with Crippen LogP contribution in [0.15, 0.2) is 18.3 Å². The van der Waals surface area contributed by atoms with Gasteiger partial charge in [0.2, 0.25) is 0 Å². The van der Waals surface area contributed by atoms with Crippen LogP contribution in [0.3, 0.4) is 0 Å². The van der Waals surface area contributed by atoms with E-state index in [2.05, 4.69) is 17.2 Å². The first-order valence-electron chi connectivity index (χ1n) is 6.88. The minimum Gasteiger partial charge on any atom is -0.348 e. The Labute approximate surface area is 118 Å². The average molecular weight is 289 g/mol. The highest BCUT2D eigenvalue weighted by atomic mass is 19.4. The lowest BCUT2D eigenvalue weighted by molar-refractivity contribution is -0.119. The van der Waals surface area contributed by atoms with Crippen LogP contribution in [0.25, 0.3) is 0 Å². The molecule has 20 heavy (non-hydrogen) atoms. The van der Waals surface area contributed by atoms with Crippen molar-refractivity contribution in [3.8, 4) is 0 Å². The Balaban J connectivity index is 2.73. The summed E-state index contributed by atoms with van der Waals surface area (Å²) in [7, 11) is 0. The van der Waals surface area contributed by atoms with Gasteiger partial charge in [0.05, 0.1) is 0 Å². The van der Waals surface area contributed by atoms with Crippen LogP contribution >= 0.6 is 0 Å². The fourth-order valence-electron chi connectivity index (χ4n) is 1.89. The minimum absolute atomic E-state index is 0.147. The summed E-state index contributed by atoms with van der Waals surface area (Å²) in [6.45, 7) is 5.98. The van der Waals surface area contributed by atoms with E-state index in [9.17, 15) is 13.2 Å². The molecule has 0 bridgehead atoms. The van der Waals surface area contributed by atoms with Gasteiger partial charge in [-0.25, -0.2) is 4.98 Å². The molecule has 6 heteroatoms. The number of anilines is 1. The van der Waals surface area contributed by atoms with Crippen LogP contribution in [-0.4, -0.2) is 30.8 Å². The van der Waals surface area contributed by atoms with Crippen LogP contribution in [0.1, 0.15) is 38.8 Å². The summed E-state index contributed by atoms with van der Waals surface area (Å²) in [4.78, 5) is 5.37. The Morgan fingerprint density at radius 3 is 2.45 bits per heavy atom. The molecule has 1 aromatic rings. The van der Waals surface area contributed by atoms with Gasteiger partial charge in [0.25, 0.3) is 0 Å². The molecule has 114 valence electrons. The number of rotatable bonds is 7. The van der Waals surface area contributed by atoms with E-state index < -0.39 is 12.7 Å². The average Bonchev–Trinajstić information content (AvgIpc) is 2.41. The molecule has 3 nitrogen and oxygen atoms in total. The topological polar surface area (TPSA) is 28.2 Å². The summed E-state index contributed by atoms with van der Waals surface area (Å²) < 4.78 is 37.3. The zero-order valence-corrected chi connectivity index (χ0v) is 12.2. The van der Waals surface area contributed by atoms with Crippen LogP contribution in [0.4, 0.5) is 19.0 Å². The molecule has 0 saturated carbocycles. The summed E-state index contributed by atoms with van der Waals surface area (Å²) in [6.07, 6.45) is -1.54. The molecule has 0 aromatic carbocycles. The van der Waals surface area contributed by atoms with Crippen molar-refractivity contribution in [2.24, 2.45) is 0 Å². The molecule has 0 aliphatic rings. The molecule has 0 amide bonds. The molecule has 0 spiro atoms. The number of nitrogens with one attached hydrogen (secondary N) is 1. The monoisotopic (exact) mass is 289 g/mol. The number of halogens is 3. The summed E-state index contributed by atoms with van der Waals surface area (Å²) in [6, 6.07) is 3.62. The Kier molecular flexibility index (Phi) is 6.26. The number of hydrogen-bond donors (Lipinski definition) is 1. The molecule has 1 heterocycles. The Hall–Kier alpha value is -1.30. The molecule has 1 N–H and O–H groups in total. The summed E-state index contributed by atoms with van der Waals surface area (Å²) in [5, 5.41) is 3.32. The second kappa shape index (κ2) is 7.47. The first-order chi connectivity index (χ1) is 9.37. The quantitative estimate of drug-likeness (QED) is 0.832. The third-order valence-electron chi connectivity index (χ3n) is 3.05. The number of alkyl halides is 3. The van der Waals surface area contributed by atoms with Crippen molar-refractivity contribution in [1.82, 2.24) is 10.3 Å². The second-order valence-electron chi connectivity index (χ2n) is 4.75. The zero-order chi connectivity index (χ0) is 15.2. The lowest BCUT2D eigenvalue weighted by Crippen LogP contribution is -2.34. The van der Waals surface area contributed by atoms with E-state index in [1.807, 2.05) is 13.0 Å². The SMILES string of the molecule is CCCNC(C)c1ccc(N(CC)CC(F)(F)F)nc1. The third kappa shape index (κ3) is 5.36. The van der Waals surface area contributed by atoms with Crippen molar-refractivity contribution in [2.75, 3.05) is 24.5 Å². The second-order valence-corrected chi connectivity index (χ2v) is 4.75. The van der Waals surface area contributed by atoms with E-state index in [4.69, 9.17) is 0 Å². The summed E-state index contributed by atoms with van der Waals surface area (Å²) in [5.41, 5.74) is 0.977. The molecule has 1 rings (SSSR count). The molecule has 0 aliphatic carbocycles. The number of aromatic nitrogens is 1. The largest absolute Gasteiger partial charge is 0.405 e. The van der Waals surface area contributed by atoms with Gasteiger partial charge in [0, 0.05) is 18.8 Å². The molecular weight excluding hydrogens is 267 g/mol. The van der Waals surface area contributed by atoms with Crippen LogP contribution in [0.2, 0.25) is 0 Å². The fraction of sp³-hybridized carbons (Fsp3) is 0.643. The Morgan fingerprint density at radius 2 is 2.00 bits per heavy atom. The lowest BCUT2D eigenvalue weighted by atomic mass is 10.1. The van der Waals surface area contributed by atoms with E-state index in [0.29, 0.717) is 5.82 Å². The molecule has 0 saturated heterocycles. The van der Waals surface area contributed by atoms with Crippen LogP contribution in [0.5, 0.6) is 0 Å². The molecular formula is C14H22F3N3.